The summed E-state index contributed by atoms with van der Waals surface area (Å²) in [4.78, 5) is 13.7. The number of thiazole rings is 1. The van der Waals surface area contributed by atoms with Gasteiger partial charge in [0.2, 0.25) is 0 Å². The highest BCUT2D eigenvalue weighted by atomic mass is 32.1. The largest absolute Gasteiger partial charge is 0.431 e. The van der Waals surface area contributed by atoms with Crippen LogP contribution >= 0.6 is 11.3 Å². The minimum atomic E-state index is 0.682. The quantitative estimate of drug-likeness (QED) is 0.489. The van der Waals surface area contributed by atoms with Crippen molar-refractivity contribution in [2.24, 2.45) is 0 Å². The van der Waals surface area contributed by atoms with Crippen LogP contribution in [0.1, 0.15) is 5.56 Å². The topological polar surface area (TPSA) is 41.5 Å². The Bertz CT molecular complexity index is 1040. The number of rotatable bonds is 5. The Kier molecular flexibility index (Phi) is 5.11. The van der Waals surface area contributed by atoms with Crippen molar-refractivity contribution in [3.63, 3.8) is 0 Å². The first-order valence-electron chi connectivity index (χ1n) is 9.76. The molecule has 0 amide bonds. The van der Waals surface area contributed by atoms with Crippen molar-refractivity contribution in [2.45, 2.75) is 6.54 Å². The Labute approximate surface area is 174 Å². The van der Waals surface area contributed by atoms with Crippen molar-refractivity contribution in [3.8, 4) is 10.9 Å². The van der Waals surface area contributed by atoms with Crippen LogP contribution in [0.25, 0.3) is 10.2 Å². The molecule has 3 heterocycles. The van der Waals surface area contributed by atoms with Gasteiger partial charge in [0.1, 0.15) is 11.6 Å². The average Bonchev–Trinajstić information content (AvgIpc) is 3.19. The summed E-state index contributed by atoms with van der Waals surface area (Å²) in [5.74, 6) is 1.77. The van der Waals surface area contributed by atoms with Gasteiger partial charge in [-0.05, 0) is 42.0 Å². The van der Waals surface area contributed by atoms with Gasteiger partial charge in [0, 0.05) is 45.0 Å². The Morgan fingerprint density at radius 2 is 1.79 bits per heavy atom. The summed E-state index contributed by atoms with van der Waals surface area (Å²) in [6.45, 7) is 4.95. The molecule has 145 valence electrons. The second kappa shape index (κ2) is 8.19. The van der Waals surface area contributed by atoms with E-state index in [2.05, 4.69) is 44.0 Å². The molecule has 1 aliphatic heterocycles. The fourth-order valence-electron chi connectivity index (χ4n) is 3.52. The first-order valence-corrected chi connectivity index (χ1v) is 10.6. The van der Waals surface area contributed by atoms with Crippen LogP contribution in [-0.4, -0.2) is 41.0 Å². The summed E-state index contributed by atoms with van der Waals surface area (Å²) in [6, 6.07) is 23.5. The van der Waals surface area contributed by atoms with Crippen LogP contribution in [0.2, 0.25) is 0 Å². The Morgan fingerprint density at radius 3 is 2.55 bits per heavy atom. The maximum Gasteiger partial charge on any atom is 0.279 e. The molecule has 0 bridgehead atoms. The van der Waals surface area contributed by atoms with Gasteiger partial charge in [-0.3, -0.25) is 4.90 Å². The summed E-state index contributed by atoms with van der Waals surface area (Å²) >= 11 is 1.57. The van der Waals surface area contributed by atoms with E-state index < -0.39 is 0 Å². The highest BCUT2D eigenvalue weighted by molar-refractivity contribution is 7.20. The second-order valence-electron chi connectivity index (χ2n) is 7.06. The minimum Gasteiger partial charge on any atom is -0.431 e. The molecule has 0 saturated carbocycles. The van der Waals surface area contributed by atoms with E-state index in [1.54, 1.807) is 11.3 Å². The van der Waals surface area contributed by atoms with Crippen molar-refractivity contribution in [2.75, 3.05) is 31.1 Å². The zero-order valence-electron chi connectivity index (χ0n) is 16.0. The lowest BCUT2D eigenvalue weighted by molar-refractivity contribution is 0.249. The predicted octanol–water partition coefficient (Wildman–Crippen LogP) is 4.61. The van der Waals surface area contributed by atoms with Gasteiger partial charge in [0.25, 0.3) is 5.19 Å². The van der Waals surface area contributed by atoms with E-state index in [0.29, 0.717) is 5.19 Å². The standard InChI is InChI=1S/C23H21N4OS/c1-2-6-21-20(5-1)25-23(29-21)28-19-10-8-18(9-11-19)17-26-13-15-27(16-14-26)22-7-3-4-12-24-22/h1-6,8-12H,13-17H2. The summed E-state index contributed by atoms with van der Waals surface area (Å²) in [5.41, 5.74) is 2.27. The number of piperazine rings is 1. The molecule has 5 nitrogen and oxygen atoms in total. The summed E-state index contributed by atoms with van der Waals surface area (Å²) in [6.07, 6.45) is 1.83. The molecule has 0 atom stereocenters. The third-order valence-electron chi connectivity index (χ3n) is 5.07. The van der Waals surface area contributed by atoms with Crippen LogP contribution in [-0.2, 0) is 6.54 Å². The number of pyridine rings is 1. The van der Waals surface area contributed by atoms with E-state index in [0.717, 1.165) is 54.5 Å². The van der Waals surface area contributed by atoms with Crippen LogP contribution in [0.3, 0.4) is 0 Å². The molecule has 5 rings (SSSR count). The first-order chi connectivity index (χ1) is 14.3. The molecule has 2 aromatic carbocycles. The molecule has 1 aliphatic rings. The van der Waals surface area contributed by atoms with Crippen molar-refractivity contribution in [1.29, 1.82) is 0 Å². The zero-order valence-corrected chi connectivity index (χ0v) is 16.8. The molecule has 0 spiro atoms. The monoisotopic (exact) mass is 401 g/mol. The number of aromatic nitrogens is 2. The molecule has 2 aromatic heterocycles. The second-order valence-corrected chi connectivity index (χ2v) is 8.06. The van der Waals surface area contributed by atoms with Crippen LogP contribution in [0.5, 0.6) is 10.9 Å². The molecule has 29 heavy (non-hydrogen) atoms. The summed E-state index contributed by atoms with van der Waals surface area (Å²) in [7, 11) is 0. The van der Waals surface area contributed by atoms with E-state index in [-0.39, 0.29) is 0 Å². The number of nitrogens with zero attached hydrogens (tertiary/aromatic N) is 4. The van der Waals surface area contributed by atoms with Gasteiger partial charge in [-0.25, -0.2) is 9.97 Å². The molecule has 1 fully saturated rings. The van der Waals surface area contributed by atoms with E-state index >= 15 is 0 Å². The smallest absolute Gasteiger partial charge is 0.279 e. The number of ether oxygens (including phenoxy) is 1. The van der Waals surface area contributed by atoms with E-state index in [1.165, 1.54) is 5.56 Å². The molecule has 1 radical (unpaired) electrons. The first kappa shape index (κ1) is 18.1. The number of para-hydroxylation sites is 1. The Balaban J connectivity index is 1.17. The normalized spacial score (nSPS) is 15.0. The molecule has 1 saturated heterocycles. The van der Waals surface area contributed by atoms with Gasteiger partial charge >= 0.3 is 0 Å². The zero-order chi connectivity index (χ0) is 19.5. The number of anilines is 1. The molecular formula is C23H21N4OS. The minimum absolute atomic E-state index is 0.682. The van der Waals surface area contributed by atoms with E-state index in [1.807, 2.05) is 48.7 Å². The third kappa shape index (κ3) is 4.23. The van der Waals surface area contributed by atoms with Crippen molar-refractivity contribution < 1.29 is 4.74 Å². The van der Waals surface area contributed by atoms with Crippen molar-refractivity contribution in [1.82, 2.24) is 14.9 Å². The SMILES string of the molecule is [c]1cccnc1N1CCN(Cc2ccc(Oc3nc4ccccc4s3)cc2)CC1. The summed E-state index contributed by atoms with van der Waals surface area (Å²) in [5, 5.41) is 0.682. The lowest BCUT2D eigenvalue weighted by atomic mass is 10.2. The van der Waals surface area contributed by atoms with Crippen LogP contribution < -0.4 is 9.64 Å². The van der Waals surface area contributed by atoms with Gasteiger partial charge in [0.15, 0.2) is 0 Å². The molecule has 0 N–H and O–H groups in total. The Morgan fingerprint density at radius 1 is 0.966 bits per heavy atom. The maximum absolute atomic E-state index is 5.95. The molecular weight excluding hydrogens is 380 g/mol. The van der Waals surface area contributed by atoms with Gasteiger partial charge in [-0.1, -0.05) is 35.6 Å². The average molecular weight is 402 g/mol. The Hall–Kier alpha value is -2.96. The fourth-order valence-corrected chi connectivity index (χ4v) is 4.36. The lowest BCUT2D eigenvalue weighted by Gasteiger charge is -2.35. The van der Waals surface area contributed by atoms with Gasteiger partial charge in [0.05, 0.1) is 10.2 Å². The van der Waals surface area contributed by atoms with Gasteiger partial charge in [-0.2, -0.15) is 0 Å². The van der Waals surface area contributed by atoms with Crippen LogP contribution in [0.4, 0.5) is 5.82 Å². The van der Waals surface area contributed by atoms with Crippen LogP contribution in [0, 0.1) is 6.07 Å². The predicted molar refractivity (Wildman–Crippen MR) is 117 cm³/mol. The third-order valence-corrected chi connectivity index (χ3v) is 5.99. The van der Waals surface area contributed by atoms with E-state index in [4.69, 9.17) is 4.74 Å². The highest BCUT2D eigenvalue weighted by Gasteiger charge is 2.18. The molecule has 4 aromatic rings. The molecule has 0 aliphatic carbocycles. The van der Waals surface area contributed by atoms with Crippen molar-refractivity contribution >= 4 is 27.4 Å². The molecule has 6 heteroatoms. The number of hydrogen-bond acceptors (Lipinski definition) is 6. The fraction of sp³-hybridized carbons (Fsp3) is 0.217. The molecule has 0 unspecified atom stereocenters. The number of hydrogen-bond donors (Lipinski definition) is 0. The number of benzene rings is 2. The maximum atomic E-state index is 5.95. The van der Waals surface area contributed by atoms with Crippen LogP contribution in [0.15, 0.2) is 66.9 Å². The summed E-state index contributed by atoms with van der Waals surface area (Å²) < 4.78 is 7.09. The van der Waals surface area contributed by atoms with Crippen molar-refractivity contribution in [3.05, 3.63) is 78.5 Å². The van der Waals surface area contributed by atoms with E-state index in [9.17, 15) is 0 Å². The highest BCUT2D eigenvalue weighted by Crippen LogP contribution is 2.31. The number of fused-ring (bicyclic) bond motifs is 1. The van der Waals surface area contributed by atoms with Gasteiger partial charge in [-0.15, -0.1) is 0 Å². The van der Waals surface area contributed by atoms with Gasteiger partial charge < -0.3 is 9.64 Å². The lowest BCUT2D eigenvalue weighted by Crippen LogP contribution is -2.46.